The second kappa shape index (κ2) is 13.2. The standard InChI is InChI=1S/C51H63NS/c1-22-25(4)35(14)47(36(15)26(22)5)52(48-37(16)27(6)23(2)28(7)38(48)17)49-39(18)33(12)43(34(13)40(49)19)44-31(10)32(11)46-45-30(9)24(3)29(8)41(20)50(45)53-51(46)42(44)21/h1-21H3. The SMILES string of the molecule is Cc1c(C)c(C)c(N(c2c(C)c(C)c(C)c(C)c2C)c2c(C)c(C)c(-c3c(C)c(C)c4c(sc5c(C)c(C)c(C)c(C)c54)c3C)c(C)c2C)c(C)c1C. The van der Waals surface area contributed by atoms with Gasteiger partial charge in [-0.2, -0.15) is 0 Å². The van der Waals surface area contributed by atoms with Gasteiger partial charge in [-0.3, -0.25) is 0 Å². The maximum atomic E-state index is 2.69. The Bertz CT molecular complexity index is 2440. The average molecular weight is 722 g/mol. The molecule has 5 aromatic carbocycles. The minimum Gasteiger partial charge on any atom is -0.309 e. The summed E-state index contributed by atoms with van der Waals surface area (Å²) in [6.07, 6.45) is 0. The van der Waals surface area contributed by atoms with E-state index < -0.39 is 0 Å². The first-order valence-corrected chi connectivity index (χ1v) is 20.4. The maximum absolute atomic E-state index is 2.69. The zero-order valence-corrected chi connectivity index (χ0v) is 37.7. The van der Waals surface area contributed by atoms with Gasteiger partial charge >= 0.3 is 0 Å². The summed E-state index contributed by atoms with van der Waals surface area (Å²) in [6, 6.07) is 0. The molecule has 0 amide bonds. The van der Waals surface area contributed by atoms with E-state index in [1.165, 1.54) is 165 Å². The van der Waals surface area contributed by atoms with Crippen LogP contribution in [0, 0.1) is 145 Å². The van der Waals surface area contributed by atoms with Gasteiger partial charge in [-0.15, -0.1) is 11.3 Å². The lowest BCUT2D eigenvalue weighted by molar-refractivity contribution is 1.07. The summed E-state index contributed by atoms with van der Waals surface area (Å²) in [4.78, 5) is 2.69. The maximum Gasteiger partial charge on any atom is 0.0526 e. The molecule has 53 heavy (non-hydrogen) atoms. The molecule has 6 aromatic rings. The third kappa shape index (κ3) is 5.21. The van der Waals surface area contributed by atoms with Crippen LogP contribution in [0.3, 0.4) is 0 Å². The number of anilines is 3. The molecule has 0 fully saturated rings. The highest BCUT2D eigenvalue weighted by molar-refractivity contribution is 7.26. The van der Waals surface area contributed by atoms with E-state index in [4.69, 9.17) is 0 Å². The summed E-state index contributed by atoms with van der Waals surface area (Å²) in [5.74, 6) is 0. The van der Waals surface area contributed by atoms with E-state index in [0.29, 0.717) is 0 Å². The third-order valence-electron chi connectivity index (χ3n) is 14.8. The van der Waals surface area contributed by atoms with Crippen LogP contribution >= 0.6 is 11.3 Å². The lowest BCUT2D eigenvalue weighted by atomic mass is 9.81. The lowest BCUT2D eigenvalue weighted by Crippen LogP contribution is -2.21. The summed E-state index contributed by atoms with van der Waals surface area (Å²) in [7, 11) is 0. The van der Waals surface area contributed by atoms with Crippen LogP contribution in [0.25, 0.3) is 31.3 Å². The number of aryl methyl sites for hydroxylation is 4. The third-order valence-corrected chi connectivity index (χ3v) is 16.2. The smallest absolute Gasteiger partial charge is 0.0526 e. The number of benzene rings is 5. The van der Waals surface area contributed by atoms with Crippen LogP contribution in [0.5, 0.6) is 0 Å². The topological polar surface area (TPSA) is 3.24 Å². The van der Waals surface area contributed by atoms with Gasteiger partial charge in [-0.25, -0.2) is 0 Å². The quantitative estimate of drug-likeness (QED) is 0.175. The Balaban J connectivity index is 1.77. The van der Waals surface area contributed by atoms with Crippen molar-refractivity contribution in [2.75, 3.05) is 4.90 Å². The molecule has 0 saturated heterocycles. The van der Waals surface area contributed by atoms with Crippen molar-refractivity contribution < 1.29 is 0 Å². The summed E-state index contributed by atoms with van der Waals surface area (Å²) >= 11 is 2.01. The number of thiophene rings is 1. The Kier molecular flexibility index (Phi) is 9.64. The molecular formula is C51H63NS. The van der Waals surface area contributed by atoms with E-state index in [1.807, 2.05) is 11.3 Å². The average Bonchev–Trinajstić information content (AvgIpc) is 3.54. The van der Waals surface area contributed by atoms with Gasteiger partial charge in [0.25, 0.3) is 0 Å². The summed E-state index contributed by atoms with van der Waals surface area (Å²) in [6.45, 7) is 49.2. The molecule has 0 aliphatic rings. The molecule has 0 aliphatic heterocycles. The zero-order valence-electron chi connectivity index (χ0n) is 36.9. The lowest BCUT2D eigenvalue weighted by Gasteiger charge is -2.38. The van der Waals surface area contributed by atoms with Crippen LogP contribution < -0.4 is 4.90 Å². The highest BCUT2D eigenvalue weighted by atomic mass is 32.1. The number of hydrogen-bond acceptors (Lipinski definition) is 2. The molecule has 0 bridgehead atoms. The summed E-state index contributed by atoms with van der Waals surface area (Å²) in [5, 5.41) is 2.93. The minimum absolute atomic E-state index is 1.33. The van der Waals surface area contributed by atoms with E-state index in [0.717, 1.165) is 0 Å². The Labute approximate surface area is 325 Å². The van der Waals surface area contributed by atoms with Gasteiger partial charge < -0.3 is 4.90 Å². The van der Waals surface area contributed by atoms with E-state index >= 15 is 0 Å². The molecule has 2 heteroatoms. The van der Waals surface area contributed by atoms with E-state index in [-0.39, 0.29) is 0 Å². The van der Waals surface area contributed by atoms with E-state index in [2.05, 4.69) is 150 Å². The van der Waals surface area contributed by atoms with E-state index in [9.17, 15) is 0 Å². The van der Waals surface area contributed by atoms with Crippen molar-refractivity contribution in [1.29, 1.82) is 0 Å². The van der Waals surface area contributed by atoms with Crippen LogP contribution in [0.1, 0.15) is 117 Å². The monoisotopic (exact) mass is 721 g/mol. The molecular weight excluding hydrogens is 659 g/mol. The molecule has 1 heterocycles. The van der Waals surface area contributed by atoms with Gasteiger partial charge in [0.2, 0.25) is 0 Å². The molecule has 0 atom stereocenters. The second-order valence-electron chi connectivity index (χ2n) is 16.8. The highest BCUT2D eigenvalue weighted by Crippen LogP contribution is 2.53. The molecule has 0 spiro atoms. The molecule has 1 nitrogen and oxygen atoms in total. The van der Waals surface area contributed by atoms with Gasteiger partial charge in [-0.05, 0) is 273 Å². The molecule has 278 valence electrons. The van der Waals surface area contributed by atoms with Crippen molar-refractivity contribution >= 4 is 48.6 Å². The molecule has 0 radical (unpaired) electrons. The number of rotatable bonds is 4. The van der Waals surface area contributed by atoms with Crippen molar-refractivity contribution in [2.45, 2.75) is 145 Å². The fourth-order valence-electron chi connectivity index (χ4n) is 9.71. The van der Waals surface area contributed by atoms with Gasteiger partial charge in [0, 0.05) is 20.2 Å². The van der Waals surface area contributed by atoms with E-state index in [1.54, 1.807) is 0 Å². The van der Waals surface area contributed by atoms with Crippen LogP contribution in [0.2, 0.25) is 0 Å². The largest absolute Gasteiger partial charge is 0.309 e. The first kappa shape index (κ1) is 38.8. The summed E-state index contributed by atoms with van der Waals surface area (Å²) < 4.78 is 2.90. The Morgan fingerprint density at radius 2 is 0.453 bits per heavy atom. The Morgan fingerprint density at radius 3 is 0.830 bits per heavy atom. The first-order chi connectivity index (χ1) is 24.6. The number of fused-ring (bicyclic) bond motifs is 3. The van der Waals surface area contributed by atoms with Gasteiger partial charge in [0.05, 0.1) is 17.1 Å². The van der Waals surface area contributed by atoms with Crippen LogP contribution in [0.15, 0.2) is 0 Å². The van der Waals surface area contributed by atoms with Gasteiger partial charge in [-0.1, -0.05) is 0 Å². The van der Waals surface area contributed by atoms with Crippen molar-refractivity contribution in [3.05, 3.63) is 117 Å². The van der Waals surface area contributed by atoms with Crippen LogP contribution in [-0.2, 0) is 0 Å². The van der Waals surface area contributed by atoms with Crippen molar-refractivity contribution in [3.8, 4) is 11.1 Å². The van der Waals surface area contributed by atoms with Gasteiger partial charge in [0.15, 0.2) is 0 Å². The minimum atomic E-state index is 1.33. The Hall–Kier alpha value is -3.88. The molecule has 0 N–H and O–H groups in total. The predicted octanol–water partition coefficient (Wildman–Crippen LogP) is 15.7. The molecule has 0 unspecified atom stereocenters. The normalized spacial score (nSPS) is 11.9. The highest BCUT2D eigenvalue weighted by Gasteiger charge is 2.31. The fourth-order valence-corrected chi connectivity index (χ4v) is 11.2. The second-order valence-corrected chi connectivity index (χ2v) is 17.8. The predicted molar refractivity (Wildman–Crippen MR) is 239 cm³/mol. The van der Waals surface area contributed by atoms with Gasteiger partial charge in [0.1, 0.15) is 0 Å². The van der Waals surface area contributed by atoms with Crippen molar-refractivity contribution in [2.24, 2.45) is 0 Å². The molecule has 1 aromatic heterocycles. The molecule has 0 aliphatic carbocycles. The summed E-state index contributed by atoms with van der Waals surface area (Å²) in [5.41, 5.74) is 36.1. The van der Waals surface area contributed by atoms with Crippen LogP contribution in [0.4, 0.5) is 17.1 Å². The fraction of sp³-hybridized carbons (Fsp3) is 0.412. The van der Waals surface area contributed by atoms with Crippen molar-refractivity contribution in [3.63, 3.8) is 0 Å². The number of hydrogen-bond donors (Lipinski definition) is 0. The molecule has 6 rings (SSSR count). The van der Waals surface area contributed by atoms with Crippen LogP contribution in [-0.4, -0.2) is 0 Å². The zero-order chi connectivity index (χ0) is 39.6. The van der Waals surface area contributed by atoms with Crippen molar-refractivity contribution in [1.82, 2.24) is 0 Å². The molecule has 0 saturated carbocycles. The first-order valence-electron chi connectivity index (χ1n) is 19.6. The number of nitrogens with zero attached hydrogens (tertiary/aromatic N) is 1. The Morgan fingerprint density at radius 1 is 0.226 bits per heavy atom.